The number of sulfone groups is 1. The van der Waals surface area contributed by atoms with Crippen molar-refractivity contribution in [2.24, 2.45) is 0 Å². The Balaban J connectivity index is 2.72. The Kier molecular flexibility index (Phi) is 3.86. The molecule has 7 heteroatoms. The summed E-state index contributed by atoms with van der Waals surface area (Å²) in [7, 11) is -3.48. The van der Waals surface area contributed by atoms with E-state index in [9.17, 15) is 12.8 Å². The summed E-state index contributed by atoms with van der Waals surface area (Å²) >= 11 is 1.29. The van der Waals surface area contributed by atoms with Crippen molar-refractivity contribution in [3.8, 4) is 11.3 Å². The first-order valence-corrected chi connectivity index (χ1v) is 8.40. The molecule has 1 aromatic carbocycles. The van der Waals surface area contributed by atoms with Crippen molar-refractivity contribution in [1.29, 1.82) is 0 Å². The number of benzene rings is 1. The Hall–Kier alpha value is -1.47. The molecule has 0 aliphatic heterocycles. The van der Waals surface area contributed by atoms with Crippen LogP contribution in [0.1, 0.15) is 0 Å². The van der Waals surface area contributed by atoms with Crippen LogP contribution in [0.2, 0.25) is 0 Å². The average Bonchev–Trinajstić information content (AvgIpc) is 2.37. The second-order valence-electron chi connectivity index (χ2n) is 3.85. The van der Waals surface area contributed by atoms with Crippen LogP contribution in [0.25, 0.3) is 11.3 Å². The van der Waals surface area contributed by atoms with E-state index in [1.54, 1.807) is 12.3 Å². The summed E-state index contributed by atoms with van der Waals surface area (Å²) < 4.78 is 36.7. The number of nitrogens with zero attached hydrogens (tertiary/aromatic N) is 2. The normalized spacial score (nSPS) is 11.5. The molecule has 0 fully saturated rings. The van der Waals surface area contributed by atoms with E-state index in [4.69, 9.17) is 0 Å². The van der Waals surface area contributed by atoms with Crippen LogP contribution in [0.15, 0.2) is 40.5 Å². The topological polar surface area (TPSA) is 59.9 Å². The van der Waals surface area contributed by atoms with Gasteiger partial charge in [-0.25, -0.2) is 22.8 Å². The van der Waals surface area contributed by atoms with Gasteiger partial charge in [0.05, 0.1) is 11.9 Å². The zero-order valence-electron chi connectivity index (χ0n) is 10.3. The molecule has 0 aliphatic carbocycles. The summed E-state index contributed by atoms with van der Waals surface area (Å²) in [6.45, 7) is 0. The summed E-state index contributed by atoms with van der Waals surface area (Å²) in [6.07, 6.45) is 4.12. The molecule has 100 valence electrons. The zero-order valence-corrected chi connectivity index (χ0v) is 11.9. The van der Waals surface area contributed by atoms with Crippen LogP contribution in [-0.4, -0.2) is 30.9 Å². The molecule has 0 saturated heterocycles. The molecule has 1 aromatic heterocycles. The fraction of sp³-hybridized carbons (Fsp3) is 0.167. The van der Waals surface area contributed by atoms with Crippen LogP contribution in [0, 0.1) is 5.82 Å². The van der Waals surface area contributed by atoms with Gasteiger partial charge in [0.15, 0.2) is 15.0 Å². The fourth-order valence-corrected chi connectivity index (χ4v) is 2.67. The molecule has 0 N–H and O–H groups in total. The minimum Gasteiger partial charge on any atom is -0.230 e. The maximum absolute atomic E-state index is 13.3. The lowest BCUT2D eigenvalue weighted by Gasteiger charge is -2.08. The molecule has 0 bridgehead atoms. The molecule has 2 aromatic rings. The van der Waals surface area contributed by atoms with Crippen molar-refractivity contribution >= 4 is 21.6 Å². The first-order valence-electron chi connectivity index (χ1n) is 5.29. The van der Waals surface area contributed by atoms with Crippen molar-refractivity contribution in [3.05, 3.63) is 36.3 Å². The van der Waals surface area contributed by atoms with E-state index in [0.717, 1.165) is 6.26 Å². The summed E-state index contributed by atoms with van der Waals surface area (Å²) in [6, 6.07) is 5.67. The Bertz CT molecular complexity index is 717. The molecule has 0 amide bonds. The summed E-state index contributed by atoms with van der Waals surface area (Å²) in [4.78, 5) is 8.12. The molecular weight excluding hydrogens is 287 g/mol. The predicted molar refractivity (Wildman–Crippen MR) is 72.3 cm³/mol. The Labute approximate surface area is 115 Å². The molecule has 0 saturated carbocycles. The minimum atomic E-state index is -3.48. The Morgan fingerprint density at radius 1 is 1.32 bits per heavy atom. The van der Waals surface area contributed by atoms with Gasteiger partial charge in [0.2, 0.25) is 0 Å². The average molecular weight is 298 g/mol. The highest BCUT2D eigenvalue weighted by molar-refractivity contribution is 7.98. The van der Waals surface area contributed by atoms with Gasteiger partial charge < -0.3 is 0 Å². The van der Waals surface area contributed by atoms with Crippen molar-refractivity contribution in [2.75, 3.05) is 12.5 Å². The van der Waals surface area contributed by atoms with Crippen molar-refractivity contribution in [2.45, 2.75) is 10.1 Å². The fourth-order valence-electron chi connectivity index (χ4n) is 1.57. The predicted octanol–water partition coefficient (Wildman–Crippen LogP) is 2.41. The van der Waals surface area contributed by atoms with Crippen LogP contribution in [0.3, 0.4) is 0 Å². The Morgan fingerprint density at radius 3 is 2.63 bits per heavy atom. The van der Waals surface area contributed by atoms with Crippen molar-refractivity contribution in [1.82, 2.24) is 9.97 Å². The number of rotatable bonds is 3. The number of hydrogen-bond donors (Lipinski definition) is 0. The van der Waals surface area contributed by atoms with Crippen LogP contribution >= 0.6 is 11.8 Å². The molecule has 19 heavy (non-hydrogen) atoms. The summed E-state index contributed by atoms with van der Waals surface area (Å²) in [5.41, 5.74) is 0.638. The zero-order chi connectivity index (χ0) is 14.0. The second-order valence-corrected chi connectivity index (χ2v) is 6.61. The molecule has 0 atom stereocenters. The third-order valence-corrected chi connectivity index (χ3v) is 4.07. The number of aromatic nitrogens is 2. The van der Waals surface area contributed by atoms with Crippen LogP contribution in [0.5, 0.6) is 0 Å². The molecule has 0 spiro atoms. The third-order valence-electron chi connectivity index (χ3n) is 2.41. The highest BCUT2D eigenvalue weighted by atomic mass is 32.2. The maximum atomic E-state index is 13.3. The van der Waals surface area contributed by atoms with Gasteiger partial charge in [-0.2, -0.15) is 0 Å². The van der Waals surface area contributed by atoms with Gasteiger partial charge in [-0.3, -0.25) is 0 Å². The highest BCUT2D eigenvalue weighted by Crippen LogP contribution is 2.27. The van der Waals surface area contributed by atoms with Crippen LogP contribution in [-0.2, 0) is 9.84 Å². The smallest absolute Gasteiger partial charge is 0.187 e. The van der Waals surface area contributed by atoms with E-state index >= 15 is 0 Å². The van der Waals surface area contributed by atoms with E-state index in [1.165, 1.54) is 36.2 Å². The molecular formula is C12H11FN2O2S2. The number of halogens is 1. The van der Waals surface area contributed by atoms with Crippen LogP contribution in [0.4, 0.5) is 4.39 Å². The molecule has 0 aliphatic rings. The highest BCUT2D eigenvalue weighted by Gasteiger charge is 2.18. The summed E-state index contributed by atoms with van der Waals surface area (Å²) in [5.74, 6) is -0.443. The molecule has 0 unspecified atom stereocenters. The van der Waals surface area contributed by atoms with Gasteiger partial charge in [0.1, 0.15) is 10.7 Å². The molecule has 2 rings (SSSR count). The largest absolute Gasteiger partial charge is 0.230 e. The third kappa shape index (κ3) is 3.10. The quantitative estimate of drug-likeness (QED) is 0.643. The van der Waals surface area contributed by atoms with Gasteiger partial charge in [-0.05, 0) is 18.4 Å². The lowest BCUT2D eigenvalue weighted by Crippen LogP contribution is -2.04. The number of thioether (sulfide) groups is 1. The van der Waals surface area contributed by atoms with Crippen molar-refractivity contribution in [3.63, 3.8) is 0 Å². The minimum absolute atomic E-state index is 0.00380. The first-order chi connectivity index (χ1) is 8.91. The lowest BCUT2D eigenvalue weighted by molar-refractivity contribution is 0.600. The van der Waals surface area contributed by atoms with Gasteiger partial charge in [-0.15, -0.1) is 0 Å². The van der Waals surface area contributed by atoms with Gasteiger partial charge in [0.25, 0.3) is 0 Å². The maximum Gasteiger partial charge on any atom is 0.187 e. The first kappa shape index (κ1) is 14.0. The SMILES string of the molecule is CSc1ncc(S(C)(=O)=O)c(-c2cccc(F)c2)n1. The van der Waals surface area contributed by atoms with E-state index < -0.39 is 15.7 Å². The van der Waals surface area contributed by atoms with E-state index in [0.29, 0.717) is 10.7 Å². The van der Waals surface area contributed by atoms with Gasteiger partial charge in [0, 0.05) is 11.8 Å². The van der Waals surface area contributed by atoms with Crippen LogP contribution < -0.4 is 0 Å². The second kappa shape index (κ2) is 5.26. The van der Waals surface area contributed by atoms with E-state index in [2.05, 4.69) is 9.97 Å². The molecule has 0 radical (unpaired) electrons. The standard InChI is InChI=1S/C12H11FN2O2S2/c1-18-12-14-7-10(19(2,16)17)11(15-12)8-4-3-5-9(13)6-8/h3-7H,1-2H3. The van der Waals surface area contributed by atoms with Gasteiger partial charge in [-0.1, -0.05) is 23.9 Å². The summed E-state index contributed by atoms with van der Waals surface area (Å²) in [5, 5.41) is 0.437. The Morgan fingerprint density at radius 2 is 2.05 bits per heavy atom. The van der Waals surface area contributed by atoms with Crippen molar-refractivity contribution < 1.29 is 12.8 Å². The number of hydrogen-bond acceptors (Lipinski definition) is 5. The van der Waals surface area contributed by atoms with E-state index in [-0.39, 0.29) is 10.6 Å². The lowest BCUT2D eigenvalue weighted by atomic mass is 10.1. The van der Waals surface area contributed by atoms with Gasteiger partial charge >= 0.3 is 0 Å². The molecule has 4 nitrogen and oxygen atoms in total. The van der Waals surface area contributed by atoms with E-state index in [1.807, 2.05) is 0 Å². The molecule has 1 heterocycles. The monoisotopic (exact) mass is 298 g/mol.